The molecule has 0 spiro atoms. The molecule has 2 rings (SSSR count). The summed E-state index contributed by atoms with van der Waals surface area (Å²) in [4.78, 5) is 12.2. The van der Waals surface area contributed by atoms with Crippen molar-refractivity contribution < 1.29 is 4.79 Å². The van der Waals surface area contributed by atoms with Gasteiger partial charge in [0.25, 0.3) is 0 Å². The summed E-state index contributed by atoms with van der Waals surface area (Å²) in [7, 11) is 0. The van der Waals surface area contributed by atoms with Gasteiger partial charge in [0, 0.05) is 12.3 Å². The minimum Gasteiger partial charge on any atom is -0.299 e. The SMILES string of the molecule is CCC1CCC(C(=O)Cc2ccccc2)CC1. The van der Waals surface area contributed by atoms with Crippen LogP contribution in [0.15, 0.2) is 30.3 Å². The Morgan fingerprint density at radius 1 is 1.12 bits per heavy atom. The Labute approximate surface area is 104 Å². The van der Waals surface area contributed by atoms with Crippen molar-refractivity contribution in [2.75, 3.05) is 0 Å². The van der Waals surface area contributed by atoms with Gasteiger partial charge in [-0.1, -0.05) is 43.7 Å². The monoisotopic (exact) mass is 230 g/mol. The van der Waals surface area contributed by atoms with Crippen molar-refractivity contribution in [1.29, 1.82) is 0 Å². The van der Waals surface area contributed by atoms with Crippen molar-refractivity contribution in [3.05, 3.63) is 35.9 Å². The molecule has 17 heavy (non-hydrogen) atoms. The molecular formula is C16H22O. The third-order valence-electron chi connectivity index (χ3n) is 4.10. The van der Waals surface area contributed by atoms with Crippen LogP contribution in [0.25, 0.3) is 0 Å². The van der Waals surface area contributed by atoms with Gasteiger partial charge in [0.15, 0.2) is 0 Å². The Hall–Kier alpha value is -1.11. The van der Waals surface area contributed by atoms with Crippen LogP contribution in [0.1, 0.15) is 44.6 Å². The Kier molecular flexibility index (Phi) is 4.36. The molecule has 0 aromatic heterocycles. The van der Waals surface area contributed by atoms with Crippen molar-refractivity contribution in [1.82, 2.24) is 0 Å². The lowest BCUT2D eigenvalue weighted by atomic mass is 9.78. The van der Waals surface area contributed by atoms with Gasteiger partial charge in [0.2, 0.25) is 0 Å². The Morgan fingerprint density at radius 2 is 1.76 bits per heavy atom. The van der Waals surface area contributed by atoms with Crippen LogP contribution in [-0.2, 0) is 11.2 Å². The first-order chi connectivity index (χ1) is 8.29. The molecule has 1 aromatic carbocycles. The second-order valence-electron chi connectivity index (χ2n) is 5.25. The average Bonchev–Trinajstić information content (AvgIpc) is 2.40. The van der Waals surface area contributed by atoms with E-state index in [0.717, 1.165) is 24.3 Å². The number of rotatable bonds is 4. The number of benzene rings is 1. The van der Waals surface area contributed by atoms with E-state index in [-0.39, 0.29) is 0 Å². The van der Waals surface area contributed by atoms with E-state index in [1.54, 1.807) is 0 Å². The Balaban J connectivity index is 1.85. The smallest absolute Gasteiger partial charge is 0.140 e. The average molecular weight is 230 g/mol. The quantitative estimate of drug-likeness (QED) is 0.763. The van der Waals surface area contributed by atoms with E-state index in [1.807, 2.05) is 18.2 Å². The molecular weight excluding hydrogens is 208 g/mol. The number of ketones is 1. The first-order valence-corrected chi connectivity index (χ1v) is 6.86. The summed E-state index contributed by atoms with van der Waals surface area (Å²) < 4.78 is 0. The molecule has 0 heterocycles. The van der Waals surface area contributed by atoms with Crippen LogP contribution in [0.2, 0.25) is 0 Å². The molecule has 0 N–H and O–H groups in total. The summed E-state index contributed by atoms with van der Waals surface area (Å²) in [5.41, 5.74) is 1.16. The van der Waals surface area contributed by atoms with E-state index in [0.29, 0.717) is 18.1 Å². The lowest BCUT2D eigenvalue weighted by Crippen LogP contribution is -2.23. The first kappa shape index (κ1) is 12.3. The molecule has 1 aliphatic rings. The summed E-state index contributed by atoms with van der Waals surface area (Å²) >= 11 is 0. The fourth-order valence-corrected chi connectivity index (χ4v) is 2.83. The highest BCUT2D eigenvalue weighted by Gasteiger charge is 2.25. The van der Waals surface area contributed by atoms with Crippen LogP contribution in [0.5, 0.6) is 0 Å². The van der Waals surface area contributed by atoms with Crippen molar-refractivity contribution in [2.24, 2.45) is 11.8 Å². The van der Waals surface area contributed by atoms with E-state index >= 15 is 0 Å². The fraction of sp³-hybridized carbons (Fsp3) is 0.562. The van der Waals surface area contributed by atoms with Crippen LogP contribution < -0.4 is 0 Å². The molecule has 1 heteroatoms. The summed E-state index contributed by atoms with van der Waals surface area (Å²) in [6, 6.07) is 10.1. The topological polar surface area (TPSA) is 17.1 Å². The highest BCUT2D eigenvalue weighted by Crippen LogP contribution is 2.31. The largest absolute Gasteiger partial charge is 0.299 e. The number of carbonyl (C=O) groups is 1. The van der Waals surface area contributed by atoms with Gasteiger partial charge in [-0.05, 0) is 37.2 Å². The summed E-state index contributed by atoms with van der Waals surface area (Å²) in [5.74, 6) is 1.65. The van der Waals surface area contributed by atoms with E-state index in [1.165, 1.54) is 19.3 Å². The maximum Gasteiger partial charge on any atom is 0.140 e. The number of carbonyl (C=O) groups excluding carboxylic acids is 1. The molecule has 0 radical (unpaired) electrons. The third kappa shape index (κ3) is 3.42. The molecule has 92 valence electrons. The van der Waals surface area contributed by atoms with E-state index in [2.05, 4.69) is 19.1 Å². The molecule has 1 aromatic rings. The molecule has 1 fully saturated rings. The lowest BCUT2D eigenvalue weighted by Gasteiger charge is -2.26. The number of hydrogen-bond donors (Lipinski definition) is 0. The lowest BCUT2D eigenvalue weighted by molar-refractivity contribution is -0.123. The summed E-state index contributed by atoms with van der Waals surface area (Å²) in [5, 5.41) is 0. The Morgan fingerprint density at radius 3 is 2.35 bits per heavy atom. The van der Waals surface area contributed by atoms with Gasteiger partial charge in [-0.25, -0.2) is 0 Å². The van der Waals surface area contributed by atoms with Crippen LogP contribution in [0.4, 0.5) is 0 Å². The van der Waals surface area contributed by atoms with Crippen LogP contribution in [0, 0.1) is 11.8 Å². The molecule has 0 atom stereocenters. The second kappa shape index (κ2) is 6.00. The van der Waals surface area contributed by atoms with Crippen LogP contribution in [0.3, 0.4) is 0 Å². The number of hydrogen-bond acceptors (Lipinski definition) is 1. The molecule has 0 aliphatic heterocycles. The van der Waals surface area contributed by atoms with Gasteiger partial charge < -0.3 is 0 Å². The normalized spacial score (nSPS) is 24.5. The van der Waals surface area contributed by atoms with Crippen molar-refractivity contribution in [3.8, 4) is 0 Å². The fourth-order valence-electron chi connectivity index (χ4n) is 2.83. The highest BCUT2D eigenvalue weighted by atomic mass is 16.1. The summed E-state index contributed by atoms with van der Waals surface area (Å²) in [6.07, 6.45) is 6.64. The van der Waals surface area contributed by atoms with Crippen molar-refractivity contribution in [3.63, 3.8) is 0 Å². The van der Waals surface area contributed by atoms with Gasteiger partial charge in [-0.3, -0.25) is 4.79 Å². The third-order valence-corrected chi connectivity index (χ3v) is 4.10. The molecule has 1 nitrogen and oxygen atoms in total. The maximum atomic E-state index is 12.2. The highest BCUT2D eigenvalue weighted by molar-refractivity contribution is 5.83. The predicted octanol–water partition coefficient (Wildman–Crippen LogP) is 4.01. The van der Waals surface area contributed by atoms with Gasteiger partial charge in [0.1, 0.15) is 5.78 Å². The molecule has 1 aliphatic carbocycles. The second-order valence-corrected chi connectivity index (χ2v) is 5.25. The van der Waals surface area contributed by atoms with Gasteiger partial charge >= 0.3 is 0 Å². The van der Waals surface area contributed by atoms with Gasteiger partial charge in [0.05, 0.1) is 0 Å². The van der Waals surface area contributed by atoms with Gasteiger partial charge in [-0.15, -0.1) is 0 Å². The molecule has 1 saturated carbocycles. The minimum absolute atomic E-state index is 0.331. The van der Waals surface area contributed by atoms with Crippen molar-refractivity contribution >= 4 is 5.78 Å². The van der Waals surface area contributed by atoms with Gasteiger partial charge in [-0.2, -0.15) is 0 Å². The van der Waals surface area contributed by atoms with E-state index in [9.17, 15) is 4.79 Å². The molecule has 0 unspecified atom stereocenters. The van der Waals surface area contributed by atoms with E-state index in [4.69, 9.17) is 0 Å². The standard InChI is InChI=1S/C16H22O/c1-2-13-8-10-15(11-9-13)16(17)12-14-6-4-3-5-7-14/h3-7,13,15H,2,8-12H2,1H3. The zero-order valence-electron chi connectivity index (χ0n) is 10.7. The predicted molar refractivity (Wildman–Crippen MR) is 70.9 cm³/mol. The van der Waals surface area contributed by atoms with Crippen LogP contribution in [-0.4, -0.2) is 5.78 Å². The minimum atomic E-state index is 0.331. The van der Waals surface area contributed by atoms with Crippen molar-refractivity contribution in [2.45, 2.75) is 45.4 Å². The Bertz CT molecular complexity index is 347. The first-order valence-electron chi connectivity index (χ1n) is 6.86. The molecule has 0 bridgehead atoms. The van der Waals surface area contributed by atoms with E-state index < -0.39 is 0 Å². The molecule has 0 saturated heterocycles. The zero-order chi connectivity index (χ0) is 12.1. The number of Topliss-reactive ketones (excluding diaryl/α,β-unsaturated/α-hetero) is 1. The zero-order valence-corrected chi connectivity index (χ0v) is 10.7. The summed E-state index contributed by atoms with van der Waals surface area (Å²) in [6.45, 7) is 2.26. The molecule has 0 amide bonds. The maximum absolute atomic E-state index is 12.2. The van der Waals surface area contributed by atoms with Crippen LogP contribution >= 0.6 is 0 Å².